The maximum Gasteiger partial charge on any atom is 0.313 e. The quantitative estimate of drug-likeness (QED) is 0.831. The van der Waals surface area contributed by atoms with Crippen molar-refractivity contribution in [3.63, 3.8) is 0 Å². The first kappa shape index (κ1) is 16.5. The van der Waals surface area contributed by atoms with Gasteiger partial charge in [0.2, 0.25) is 0 Å². The van der Waals surface area contributed by atoms with Crippen molar-refractivity contribution in [1.29, 1.82) is 0 Å². The highest BCUT2D eigenvalue weighted by Gasteiger charge is 2.13. The fourth-order valence-corrected chi connectivity index (χ4v) is 2.10. The van der Waals surface area contributed by atoms with E-state index < -0.39 is 11.8 Å². The topological polar surface area (TPSA) is 61.4 Å². The molecule has 0 bridgehead atoms. The zero-order valence-corrected chi connectivity index (χ0v) is 13.4. The van der Waals surface area contributed by atoms with Crippen molar-refractivity contribution < 1.29 is 9.59 Å². The van der Waals surface area contributed by atoms with Crippen LogP contribution in [0.3, 0.4) is 0 Å². The van der Waals surface area contributed by atoms with Crippen molar-refractivity contribution in [2.75, 3.05) is 30.9 Å². The summed E-state index contributed by atoms with van der Waals surface area (Å²) < 4.78 is 0. The Labute approximate surface area is 136 Å². The first-order valence-corrected chi connectivity index (χ1v) is 7.47. The van der Waals surface area contributed by atoms with Gasteiger partial charge >= 0.3 is 11.8 Å². The molecule has 0 aromatic heterocycles. The predicted octanol–water partition coefficient (Wildman–Crippen LogP) is 2.05. The maximum absolute atomic E-state index is 11.9. The standard InChI is InChI=1S/C18H21N3O2/c1-21(2)16-10-6-9-15(13-16)20-18(23)17(22)19-12-11-14-7-4-3-5-8-14/h3-10,13H,11-12H2,1-2H3,(H,19,22)(H,20,23). The molecule has 0 radical (unpaired) electrons. The van der Waals surface area contributed by atoms with Gasteiger partial charge in [0.1, 0.15) is 0 Å². The van der Waals surface area contributed by atoms with Crippen LogP contribution in [-0.4, -0.2) is 32.5 Å². The summed E-state index contributed by atoms with van der Waals surface area (Å²) >= 11 is 0. The minimum atomic E-state index is -0.658. The van der Waals surface area contributed by atoms with Crippen LogP contribution in [0.1, 0.15) is 5.56 Å². The fraction of sp³-hybridized carbons (Fsp3) is 0.222. The van der Waals surface area contributed by atoms with E-state index >= 15 is 0 Å². The normalized spacial score (nSPS) is 10.0. The van der Waals surface area contributed by atoms with Gasteiger partial charge in [-0.3, -0.25) is 9.59 Å². The molecule has 23 heavy (non-hydrogen) atoms. The summed E-state index contributed by atoms with van der Waals surface area (Å²) in [4.78, 5) is 25.6. The number of benzene rings is 2. The van der Waals surface area contributed by atoms with Crippen LogP contribution in [0.15, 0.2) is 54.6 Å². The highest BCUT2D eigenvalue weighted by Crippen LogP contribution is 2.17. The third kappa shape index (κ3) is 5.14. The van der Waals surface area contributed by atoms with Crippen LogP contribution in [0.5, 0.6) is 0 Å². The molecular weight excluding hydrogens is 290 g/mol. The Morgan fingerprint density at radius 2 is 1.70 bits per heavy atom. The van der Waals surface area contributed by atoms with Gasteiger partial charge in [0, 0.05) is 32.0 Å². The van der Waals surface area contributed by atoms with Gasteiger partial charge < -0.3 is 15.5 Å². The molecule has 2 amide bonds. The molecule has 2 N–H and O–H groups in total. The molecule has 2 rings (SSSR count). The Bertz CT molecular complexity index is 669. The van der Waals surface area contributed by atoms with E-state index in [1.165, 1.54) is 0 Å². The van der Waals surface area contributed by atoms with Crippen LogP contribution >= 0.6 is 0 Å². The van der Waals surface area contributed by atoms with Crippen LogP contribution in [0.4, 0.5) is 11.4 Å². The van der Waals surface area contributed by atoms with Gasteiger partial charge in [-0.2, -0.15) is 0 Å². The summed E-state index contributed by atoms with van der Waals surface area (Å²) in [6, 6.07) is 17.1. The highest BCUT2D eigenvalue weighted by atomic mass is 16.2. The van der Waals surface area contributed by atoms with Crippen molar-refractivity contribution in [3.05, 3.63) is 60.2 Å². The molecule has 2 aromatic rings. The van der Waals surface area contributed by atoms with Gasteiger partial charge in [-0.25, -0.2) is 0 Å². The average Bonchev–Trinajstić information content (AvgIpc) is 2.56. The highest BCUT2D eigenvalue weighted by molar-refractivity contribution is 6.39. The van der Waals surface area contributed by atoms with E-state index in [1.54, 1.807) is 6.07 Å². The molecular formula is C18H21N3O2. The SMILES string of the molecule is CN(C)c1cccc(NC(=O)C(=O)NCCc2ccccc2)c1. The second kappa shape index (κ2) is 7.98. The van der Waals surface area contributed by atoms with Crippen LogP contribution < -0.4 is 15.5 Å². The number of amides is 2. The van der Waals surface area contributed by atoms with Gasteiger partial charge in [-0.15, -0.1) is 0 Å². The summed E-state index contributed by atoms with van der Waals surface area (Å²) in [6.07, 6.45) is 0.690. The van der Waals surface area contributed by atoms with E-state index in [0.29, 0.717) is 18.7 Å². The summed E-state index contributed by atoms with van der Waals surface area (Å²) in [6.45, 7) is 0.425. The molecule has 5 nitrogen and oxygen atoms in total. The van der Waals surface area contributed by atoms with Crippen LogP contribution in [-0.2, 0) is 16.0 Å². The lowest BCUT2D eigenvalue weighted by atomic mass is 10.1. The number of carbonyl (C=O) groups is 2. The molecule has 0 fully saturated rings. The summed E-state index contributed by atoms with van der Waals surface area (Å²) in [7, 11) is 3.83. The molecule has 2 aromatic carbocycles. The van der Waals surface area contributed by atoms with Crippen LogP contribution in [0.2, 0.25) is 0 Å². The third-order valence-electron chi connectivity index (χ3n) is 3.37. The van der Waals surface area contributed by atoms with Crippen molar-refractivity contribution in [2.45, 2.75) is 6.42 Å². The van der Waals surface area contributed by atoms with Crippen molar-refractivity contribution in [1.82, 2.24) is 5.32 Å². The monoisotopic (exact) mass is 311 g/mol. The second-order valence-electron chi connectivity index (χ2n) is 5.39. The molecule has 0 heterocycles. The van der Waals surface area contributed by atoms with E-state index in [2.05, 4.69) is 10.6 Å². The molecule has 5 heteroatoms. The second-order valence-corrected chi connectivity index (χ2v) is 5.39. The smallest absolute Gasteiger partial charge is 0.313 e. The van der Waals surface area contributed by atoms with Gasteiger partial charge in [-0.05, 0) is 30.2 Å². The number of hydrogen-bond acceptors (Lipinski definition) is 3. The Kier molecular flexibility index (Phi) is 5.74. The Balaban J connectivity index is 1.83. The van der Waals surface area contributed by atoms with Crippen molar-refractivity contribution in [2.24, 2.45) is 0 Å². The van der Waals surface area contributed by atoms with Gasteiger partial charge in [0.05, 0.1) is 0 Å². The number of hydrogen-bond donors (Lipinski definition) is 2. The van der Waals surface area contributed by atoms with Gasteiger partial charge in [-0.1, -0.05) is 36.4 Å². The minimum absolute atomic E-state index is 0.425. The number of nitrogens with zero attached hydrogens (tertiary/aromatic N) is 1. The molecule has 0 atom stereocenters. The van der Waals surface area contributed by atoms with Gasteiger partial charge in [0.15, 0.2) is 0 Å². The molecule has 0 saturated carbocycles. The molecule has 0 aliphatic rings. The van der Waals surface area contributed by atoms with Crippen LogP contribution in [0.25, 0.3) is 0 Å². The predicted molar refractivity (Wildman–Crippen MR) is 92.6 cm³/mol. The lowest BCUT2D eigenvalue weighted by molar-refractivity contribution is -0.136. The summed E-state index contributed by atoms with van der Waals surface area (Å²) in [5, 5.41) is 5.24. The van der Waals surface area contributed by atoms with E-state index in [-0.39, 0.29) is 0 Å². The largest absolute Gasteiger partial charge is 0.378 e. The average molecular weight is 311 g/mol. The van der Waals surface area contributed by atoms with E-state index in [0.717, 1.165) is 11.3 Å². The van der Waals surface area contributed by atoms with Gasteiger partial charge in [0.25, 0.3) is 0 Å². The first-order valence-electron chi connectivity index (χ1n) is 7.47. The molecule has 120 valence electrons. The van der Waals surface area contributed by atoms with E-state index in [9.17, 15) is 9.59 Å². The third-order valence-corrected chi connectivity index (χ3v) is 3.37. The number of carbonyl (C=O) groups excluding carboxylic acids is 2. The van der Waals surface area contributed by atoms with Crippen molar-refractivity contribution >= 4 is 23.2 Å². The lowest BCUT2D eigenvalue weighted by Gasteiger charge is -2.14. The Hall–Kier alpha value is -2.82. The molecule has 0 aliphatic heterocycles. The molecule has 0 spiro atoms. The molecule has 0 aliphatic carbocycles. The number of rotatable bonds is 5. The zero-order chi connectivity index (χ0) is 16.7. The first-order chi connectivity index (χ1) is 11.1. The minimum Gasteiger partial charge on any atom is -0.378 e. The molecule has 0 saturated heterocycles. The van der Waals surface area contributed by atoms with Crippen LogP contribution in [0, 0.1) is 0 Å². The summed E-state index contributed by atoms with van der Waals surface area (Å²) in [5.41, 5.74) is 2.67. The number of anilines is 2. The van der Waals surface area contributed by atoms with E-state index in [1.807, 2.05) is 67.5 Å². The summed E-state index contributed by atoms with van der Waals surface area (Å²) in [5.74, 6) is -1.29. The Morgan fingerprint density at radius 1 is 0.957 bits per heavy atom. The zero-order valence-electron chi connectivity index (χ0n) is 13.4. The van der Waals surface area contributed by atoms with Crippen molar-refractivity contribution in [3.8, 4) is 0 Å². The Morgan fingerprint density at radius 3 is 2.39 bits per heavy atom. The maximum atomic E-state index is 11.9. The van der Waals surface area contributed by atoms with E-state index in [4.69, 9.17) is 0 Å². The fourth-order valence-electron chi connectivity index (χ4n) is 2.10. The molecule has 0 unspecified atom stereocenters. The number of nitrogens with one attached hydrogen (secondary N) is 2. The lowest BCUT2D eigenvalue weighted by Crippen LogP contribution is -2.36.